The monoisotopic (exact) mass is 364 g/mol. The van der Waals surface area contributed by atoms with Crippen LogP contribution in [0.1, 0.15) is 36.9 Å². The molecule has 0 saturated heterocycles. The first-order valence-electron chi connectivity index (χ1n) is 9.33. The molecular formula is C20H24N6O. The van der Waals surface area contributed by atoms with Gasteiger partial charge in [0.1, 0.15) is 5.82 Å². The normalized spacial score (nSPS) is 14.7. The topological polar surface area (TPSA) is 76.8 Å². The van der Waals surface area contributed by atoms with Gasteiger partial charge in [-0.05, 0) is 42.9 Å². The van der Waals surface area contributed by atoms with Gasteiger partial charge in [0.2, 0.25) is 0 Å². The van der Waals surface area contributed by atoms with Crippen molar-refractivity contribution in [1.29, 1.82) is 0 Å². The number of urea groups is 1. The molecule has 0 spiro atoms. The zero-order chi connectivity index (χ0) is 18.6. The van der Waals surface area contributed by atoms with Gasteiger partial charge in [0.15, 0.2) is 0 Å². The Morgan fingerprint density at radius 1 is 1.15 bits per heavy atom. The van der Waals surface area contributed by atoms with E-state index in [0.29, 0.717) is 25.0 Å². The summed E-state index contributed by atoms with van der Waals surface area (Å²) in [7, 11) is 0. The Balaban J connectivity index is 1.37. The highest BCUT2D eigenvalue weighted by Crippen LogP contribution is 2.40. The average Bonchev–Trinajstić information content (AvgIpc) is 3.21. The van der Waals surface area contributed by atoms with Crippen molar-refractivity contribution in [2.24, 2.45) is 5.92 Å². The Kier molecular flexibility index (Phi) is 4.91. The number of nitrogens with one attached hydrogen (secondary N) is 2. The summed E-state index contributed by atoms with van der Waals surface area (Å²) < 4.78 is 3.78. The summed E-state index contributed by atoms with van der Waals surface area (Å²) >= 11 is 0. The van der Waals surface area contributed by atoms with E-state index >= 15 is 0 Å². The number of amides is 2. The molecular weight excluding hydrogens is 340 g/mol. The molecule has 0 radical (unpaired) electrons. The number of anilines is 1. The lowest BCUT2D eigenvalue weighted by atomic mass is 10.1. The molecule has 0 bridgehead atoms. The third-order valence-corrected chi connectivity index (χ3v) is 5.05. The lowest BCUT2D eigenvalue weighted by molar-refractivity contribution is 0.251. The summed E-state index contributed by atoms with van der Waals surface area (Å²) in [5.74, 6) is 1.40. The van der Waals surface area contributed by atoms with Crippen molar-refractivity contribution in [2.75, 3.05) is 5.32 Å². The van der Waals surface area contributed by atoms with E-state index in [9.17, 15) is 4.79 Å². The van der Waals surface area contributed by atoms with Crippen LogP contribution in [-0.2, 0) is 13.1 Å². The molecule has 2 heterocycles. The maximum Gasteiger partial charge on any atom is 0.320 e. The number of hydrogen-bond acceptors (Lipinski definition) is 3. The minimum Gasteiger partial charge on any atom is -0.334 e. The van der Waals surface area contributed by atoms with Crippen LogP contribution in [0, 0.1) is 5.92 Å². The Morgan fingerprint density at radius 2 is 1.96 bits per heavy atom. The summed E-state index contributed by atoms with van der Waals surface area (Å²) in [4.78, 5) is 12.4. The van der Waals surface area contributed by atoms with Crippen molar-refractivity contribution in [1.82, 2.24) is 24.9 Å². The van der Waals surface area contributed by atoms with Crippen molar-refractivity contribution < 1.29 is 4.79 Å². The van der Waals surface area contributed by atoms with Gasteiger partial charge in [-0.1, -0.05) is 24.3 Å². The molecule has 27 heavy (non-hydrogen) atoms. The first-order chi connectivity index (χ1) is 13.2. The molecule has 4 rings (SSSR count). The Morgan fingerprint density at radius 3 is 2.70 bits per heavy atom. The fourth-order valence-corrected chi connectivity index (χ4v) is 3.30. The molecule has 0 aliphatic heterocycles. The first kappa shape index (κ1) is 17.3. The van der Waals surface area contributed by atoms with Crippen LogP contribution in [0.4, 0.5) is 10.6 Å². The van der Waals surface area contributed by atoms with Gasteiger partial charge in [-0.2, -0.15) is 10.2 Å². The summed E-state index contributed by atoms with van der Waals surface area (Å²) in [5.41, 5.74) is 2.21. The van der Waals surface area contributed by atoms with Gasteiger partial charge >= 0.3 is 6.03 Å². The summed E-state index contributed by atoms with van der Waals surface area (Å²) in [6.45, 7) is 3.28. The van der Waals surface area contributed by atoms with E-state index in [1.54, 1.807) is 12.4 Å². The number of rotatable bonds is 7. The van der Waals surface area contributed by atoms with Crippen molar-refractivity contribution in [3.05, 3.63) is 66.1 Å². The Hall–Kier alpha value is -3.09. The highest BCUT2D eigenvalue weighted by atomic mass is 16.2. The summed E-state index contributed by atoms with van der Waals surface area (Å²) in [5, 5.41) is 14.5. The molecule has 1 fully saturated rings. The second-order valence-corrected chi connectivity index (χ2v) is 7.02. The van der Waals surface area contributed by atoms with Crippen LogP contribution in [-0.4, -0.2) is 25.6 Å². The Bertz CT molecular complexity index is 897. The molecule has 1 unspecified atom stereocenters. The fraction of sp³-hybridized carbons (Fsp3) is 0.350. The highest BCUT2D eigenvalue weighted by Gasteiger charge is 2.30. The quantitative estimate of drug-likeness (QED) is 0.674. The van der Waals surface area contributed by atoms with Crippen LogP contribution in [0.3, 0.4) is 0 Å². The third-order valence-electron chi connectivity index (χ3n) is 5.05. The van der Waals surface area contributed by atoms with Gasteiger partial charge in [0, 0.05) is 25.0 Å². The van der Waals surface area contributed by atoms with Gasteiger partial charge in [-0.25, -0.2) is 9.48 Å². The number of nitrogens with zero attached hydrogens (tertiary/aromatic N) is 4. The molecule has 1 atom stereocenters. The van der Waals surface area contributed by atoms with E-state index in [0.717, 1.165) is 16.9 Å². The molecule has 2 amide bonds. The van der Waals surface area contributed by atoms with Crippen LogP contribution >= 0.6 is 0 Å². The van der Waals surface area contributed by atoms with Crippen molar-refractivity contribution in [2.45, 2.75) is 38.9 Å². The van der Waals surface area contributed by atoms with E-state index < -0.39 is 0 Å². The van der Waals surface area contributed by atoms with Gasteiger partial charge in [0.05, 0.1) is 18.8 Å². The number of aromatic nitrogens is 4. The van der Waals surface area contributed by atoms with Gasteiger partial charge in [-0.15, -0.1) is 0 Å². The van der Waals surface area contributed by atoms with Gasteiger partial charge in [-0.3, -0.25) is 10.00 Å². The maximum atomic E-state index is 12.4. The zero-order valence-corrected chi connectivity index (χ0v) is 15.4. The molecule has 1 saturated carbocycles. The average molecular weight is 364 g/mol. The minimum atomic E-state index is -0.228. The number of carbonyl (C=O) groups is 1. The third kappa shape index (κ3) is 4.19. The molecule has 7 heteroatoms. The van der Waals surface area contributed by atoms with Gasteiger partial charge < -0.3 is 5.32 Å². The number of carbonyl (C=O) groups excluding carboxylic acids is 1. The van der Waals surface area contributed by atoms with Crippen LogP contribution in [0.2, 0.25) is 0 Å². The first-order valence-corrected chi connectivity index (χ1v) is 9.33. The molecule has 140 valence electrons. The van der Waals surface area contributed by atoms with E-state index in [4.69, 9.17) is 0 Å². The zero-order valence-electron chi connectivity index (χ0n) is 15.4. The predicted octanol–water partition coefficient (Wildman–Crippen LogP) is 3.42. The summed E-state index contributed by atoms with van der Waals surface area (Å²) in [6.07, 6.45) is 7.90. The van der Waals surface area contributed by atoms with Crippen molar-refractivity contribution in [3.63, 3.8) is 0 Å². The predicted molar refractivity (Wildman–Crippen MR) is 103 cm³/mol. The highest BCUT2D eigenvalue weighted by molar-refractivity contribution is 5.88. The SMILES string of the molecule is CC(C1CC1)n1nccc1NC(=O)NCc1ccccc1Cn1cccn1. The van der Waals surface area contributed by atoms with E-state index in [-0.39, 0.29) is 6.03 Å². The molecule has 2 aromatic heterocycles. The van der Waals surface area contributed by atoms with Crippen molar-refractivity contribution in [3.8, 4) is 0 Å². The smallest absolute Gasteiger partial charge is 0.320 e. The number of benzene rings is 1. The molecule has 1 aromatic carbocycles. The molecule has 7 nitrogen and oxygen atoms in total. The molecule has 3 aromatic rings. The van der Waals surface area contributed by atoms with Crippen LogP contribution in [0.25, 0.3) is 0 Å². The summed E-state index contributed by atoms with van der Waals surface area (Å²) in [6, 6.07) is 11.9. The van der Waals surface area contributed by atoms with Gasteiger partial charge in [0.25, 0.3) is 0 Å². The maximum absolute atomic E-state index is 12.4. The second kappa shape index (κ2) is 7.65. The number of hydrogen-bond donors (Lipinski definition) is 2. The van der Waals surface area contributed by atoms with Crippen LogP contribution < -0.4 is 10.6 Å². The standard InChI is InChI=1S/C20H24N6O/c1-15(16-7-8-16)26-19(9-11-23-26)24-20(27)21-13-17-5-2-3-6-18(17)14-25-12-4-10-22-25/h2-6,9-12,15-16H,7-8,13-14H2,1H3,(H2,21,24,27). The lowest BCUT2D eigenvalue weighted by Gasteiger charge is -2.16. The largest absolute Gasteiger partial charge is 0.334 e. The van der Waals surface area contributed by atoms with Crippen LogP contribution in [0.5, 0.6) is 0 Å². The Labute approximate surface area is 158 Å². The lowest BCUT2D eigenvalue weighted by Crippen LogP contribution is -2.30. The molecule has 1 aliphatic rings. The van der Waals surface area contributed by atoms with Crippen molar-refractivity contribution >= 4 is 11.8 Å². The van der Waals surface area contributed by atoms with E-state index in [1.165, 1.54) is 12.8 Å². The second-order valence-electron chi connectivity index (χ2n) is 7.02. The molecule has 2 N–H and O–H groups in total. The molecule has 1 aliphatic carbocycles. The van der Waals surface area contributed by atoms with E-state index in [1.807, 2.05) is 45.9 Å². The fourth-order valence-electron chi connectivity index (χ4n) is 3.30. The minimum absolute atomic E-state index is 0.228. The van der Waals surface area contributed by atoms with Crippen LogP contribution in [0.15, 0.2) is 55.0 Å². The van der Waals surface area contributed by atoms with E-state index in [2.05, 4.69) is 33.8 Å².